The van der Waals surface area contributed by atoms with Gasteiger partial charge in [0.25, 0.3) is 11.8 Å². The van der Waals surface area contributed by atoms with Crippen molar-refractivity contribution in [1.29, 1.82) is 0 Å². The normalized spacial score (nSPS) is 13.4. The van der Waals surface area contributed by atoms with Crippen molar-refractivity contribution in [2.45, 2.75) is 13.5 Å². The third kappa shape index (κ3) is 4.32. The molecule has 0 aromatic heterocycles. The summed E-state index contributed by atoms with van der Waals surface area (Å²) < 4.78 is 16.2. The van der Waals surface area contributed by atoms with E-state index in [1.165, 1.54) is 12.0 Å². The van der Waals surface area contributed by atoms with Crippen molar-refractivity contribution < 1.29 is 23.8 Å². The fraction of sp³-hybridized carbons (Fsp3) is 0.185. The highest BCUT2D eigenvalue weighted by Gasteiger charge is 2.39. The Morgan fingerprint density at radius 1 is 0.794 bits per heavy atom. The summed E-state index contributed by atoms with van der Waals surface area (Å²) in [4.78, 5) is 28.4. The molecule has 1 N–H and O–H groups in total. The maximum atomic E-state index is 13.6. The molecule has 2 amide bonds. The van der Waals surface area contributed by atoms with E-state index < -0.39 is 5.91 Å². The van der Waals surface area contributed by atoms with Crippen LogP contribution < -0.4 is 19.5 Å². The number of para-hydroxylation sites is 1. The van der Waals surface area contributed by atoms with Crippen molar-refractivity contribution in [3.8, 4) is 17.2 Å². The number of hydrogen-bond donors (Lipinski definition) is 1. The molecule has 3 aromatic rings. The fourth-order valence-corrected chi connectivity index (χ4v) is 3.87. The molecule has 3 aromatic carbocycles. The zero-order chi connectivity index (χ0) is 24.2. The van der Waals surface area contributed by atoms with Gasteiger partial charge in [-0.3, -0.25) is 14.5 Å². The van der Waals surface area contributed by atoms with Gasteiger partial charge in [0.2, 0.25) is 0 Å². The lowest BCUT2D eigenvalue weighted by atomic mass is 10.0. The predicted octanol–water partition coefficient (Wildman–Crippen LogP) is 4.41. The summed E-state index contributed by atoms with van der Waals surface area (Å²) in [6.45, 7) is 2.05. The summed E-state index contributed by atoms with van der Waals surface area (Å²) >= 11 is 0. The van der Waals surface area contributed by atoms with E-state index in [0.29, 0.717) is 34.1 Å². The molecule has 0 fully saturated rings. The lowest BCUT2D eigenvalue weighted by Gasteiger charge is -2.17. The second-order valence-electron chi connectivity index (χ2n) is 7.82. The van der Waals surface area contributed by atoms with Gasteiger partial charge in [0, 0.05) is 11.6 Å². The van der Waals surface area contributed by atoms with Gasteiger partial charge in [-0.25, -0.2) is 0 Å². The van der Waals surface area contributed by atoms with Crippen LogP contribution in [0.1, 0.15) is 16.7 Å². The van der Waals surface area contributed by atoms with E-state index in [2.05, 4.69) is 5.32 Å². The molecule has 7 heteroatoms. The first kappa shape index (κ1) is 22.9. The van der Waals surface area contributed by atoms with E-state index >= 15 is 0 Å². The van der Waals surface area contributed by atoms with Crippen molar-refractivity contribution in [3.63, 3.8) is 0 Å². The maximum absolute atomic E-state index is 13.6. The predicted molar refractivity (Wildman–Crippen MR) is 130 cm³/mol. The first-order valence-electron chi connectivity index (χ1n) is 10.7. The van der Waals surface area contributed by atoms with Crippen molar-refractivity contribution >= 4 is 23.1 Å². The van der Waals surface area contributed by atoms with E-state index in [-0.39, 0.29) is 18.1 Å². The summed E-state index contributed by atoms with van der Waals surface area (Å²) in [5.74, 6) is 0.889. The van der Waals surface area contributed by atoms with Crippen molar-refractivity contribution in [2.75, 3.05) is 26.6 Å². The van der Waals surface area contributed by atoms with Gasteiger partial charge in [0.1, 0.15) is 22.9 Å². The Hall–Kier alpha value is -4.26. The molecule has 7 nitrogen and oxygen atoms in total. The first-order valence-corrected chi connectivity index (χ1v) is 10.7. The number of ether oxygens (including phenoxy) is 3. The van der Waals surface area contributed by atoms with Gasteiger partial charge >= 0.3 is 0 Å². The zero-order valence-electron chi connectivity index (χ0n) is 19.5. The molecule has 174 valence electrons. The van der Waals surface area contributed by atoms with Crippen molar-refractivity contribution in [2.24, 2.45) is 0 Å². The summed E-state index contributed by atoms with van der Waals surface area (Å²) in [5, 5.41) is 3.15. The number of benzene rings is 3. The molecule has 0 unspecified atom stereocenters. The number of nitrogens with zero attached hydrogens (tertiary/aromatic N) is 1. The summed E-state index contributed by atoms with van der Waals surface area (Å²) in [6, 6.07) is 20.0. The van der Waals surface area contributed by atoms with Gasteiger partial charge in [0.05, 0.1) is 39.1 Å². The third-order valence-electron chi connectivity index (χ3n) is 5.70. The number of hydrogen-bond acceptors (Lipinski definition) is 6. The second kappa shape index (κ2) is 9.70. The highest BCUT2D eigenvalue weighted by Crippen LogP contribution is 2.36. The van der Waals surface area contributed by atoms with Crippen LogP contribution in [0.5, 0.6) is 17.2 Å². The average molecular weight is 459 g/mol. The van der Waals surface area contributed by atoms with Gasteiger partial charge in [-0.1, -0.05) is 48.0 Å². The standard InChI is InChI=1S/C27H26N2O5/c1-17-9-11-18(12-10-17)24-25(28-21-15-20(32-2)13-14-23(21)34-4)27(31)29(26(24)30)16-19-7-5-6-8-22(19)33-3/h5-15,28H,16H2,1-4H3. The molecule has 0 atom stereocenters. The Bertz CT molecular complexity index is 1260. The Balaban J connectivity index is 1.79. The molecule has 1 aliphatic heterocycles. The van der Waals surface area contributed by atoms with E-state index in [1.54, 1.807) is 38.5 Å². The monoisotopic (exact) mass is 458 g/mol. The minimum Gasteiger partial charge on any atom is -0.497 e. The summed E-state index contributed by atoms with van der Waals surface area (Å²) in [6.07, 6.45) is 0. The van der Waals surface area contributed by atoms with Gasteiger partial charge in [-0.2, -0.15) is 0 Å². The molecule has 1 aliphatic rings. The van der Waals surface area contributed by atoms with Crippen LogP contribution in [0.3, 0.4) is 0 Å². The number of amides is 2. The SMILES string of the molecule is COc1ccc(OC)c(NC2=C(c3ccc(C)cc3)C(=O)N(Cc3ccccc3OC)C2=O)c1. The Labute approximate surface area is 198 Å². The molecule has 34 heavy (non-hydrogen) atoms. The van der Waals surface area contributed by atoms with Crippen LogP contribution in [0, 0.1) is 6.92 Å². The fourth-order valence-electron chi connectivity index (χ4n) is 3.87. The van der Waals surface area contributed by atoms with E-state index in [4.69, 9.17) is 14.2 Å². The average Bonchev–Trinajstić information content (AvgIpc) is 3.09. The minimum atomic E-state index is -0.434. The van der Waals surface area contributed by atoms with Crippen LogP contribution in [0.15, 0.2) is 72.4 Å². The molecule has 4 rings (SSSR count). The molecular formula is C27H26N2O5. The largest absolute Gasteiger partial charge is 0.497 e. The highest BCUT2D eigenvalue weighted by atomic mass is 16.5. The zero-order valence-corrected chi connectivity index (χ0v) is 19.5. The summed E-state index contributed by atoms with van der Waals surface area (Å²) in [7, 11) is 4.66. The highest BCUT2D eigenvalue weighted by molar-refractivity contribution is 6.36. The quantitative estimate of drug-likeness (QED) is 0.504. The molecule has 0 bridgehead atoms. The van der Waals surface area contributed by atoms with Crippen LogP contribution in [-0.2, 0) is 16.1 Å². The van der Waals surface area contributed by atoms with E-state index in [0.717, 1.165) is 11.1 Å². The van der Waals surface area contributed by atoms with Gasteiger partial charge in [-0.05, 0) is 30.7 Å². The van der Waals surface area contributed by atoms with Gasteiger partial charge in [0.15, 0.2) is 0 Å². The van der Waals surface area contributed by atoms with Crippen LogP contribution in [0.4, 0.5) is 5.69 Å². The lowest BCUT2D eigenvalue weighted by Crippen LogP contribution is -2.32. The second-order valence-corrected chi connectivity index (χ2v) is 7.82. The molecule has 0 saturated heterocycles. The van der Waals surface area contributed by atoms with Crippen LogP contribution in [0.25, 0.3) is 5.57 Å². The molecule has 0 saturated carbocycles. The van der Waals surface area contributed by atoms with Gasteiger partial charge in [-0.15, -0.1) is 0 Å². The number of imide groups is 1. The van der Waals surface area contributed by atoms with E-state index in [1.807, 2.05) is 49.4 Å². The molecule has 0 aliphatic carbocycles. The number of carbonyl (C=O) groups is 2. The summed E-state index contributed by atoms with van der Waals surface area (Å²) in [5.41, 5.74) is 3.42. The Kier molecular flexibility index (Phi) is 6.54. The Morgan fingerprint density at radius 3 is 2.18 bits per heavy atom. The van der Waals surface area contributed by atoms with Gasteiger partial charge < -0.3 is 19.5 Å². The van der Waals surface area contributed by atoms with E-state index in [9.17, 15) is 9.59 Å². The topological polar surface area (TPSA) is 77.1 Å². The maximum Gasteiger partial charge on any atom is 0.278 e. The Morgan fingerprint density at radius 2 is 1.50 bits per heavy atom. The smallest absolute Gasteiger partial charge is 0.278 e. The lowest BCUT2D eigenvalue weighted by molar-refractivity contribution is -0.137. The molecule has 1 heterocycles. The number of nitrogens with one attached hydrogen (secondary N) is 1. The van der Waals surface area contributed by atoms with Crippen molar-refractivity contribution in [1.82, 2.24) is 4.90 Å². The number of aryl methyl sites for hydroxylation is 1. The van der Waals surface area contributed by atoms with Crippen LogP contribution >= 0.6 is 0 Å². The minimum absolute atomic E-state index is 0.0808. The number of methoxy groups -OCH3 is 3. The number of carbonyl (C=O) groups excluding carboxylic acids is 2. The molecule has 0 spiro atoms. The first-order chi connectivity index (χ1) is 16.5. The molecule has 0 radical (unpaired) electrons. The van der Waals surface area contributed by atoms with Crippen LogP contribution in [-0.4, -0.2) is 38.0 Å². The number of anilines is 1. The molecular weight excluding hydrogens is 432 g/mol. The number of rotatable bonds is 8. The third-order valence-corrected chi connectivity index (χ3v) is 5.70. The van der Waals surface area contributed by atoms with Crippen molar-refractivity contribution in [3.05, 3.63) is 89.1 Å². The van der Waals surface area contributed by atoms with Crippen LogP contribution in [0.2, 0.25) is 0 Å².